The molecule has 9 heteroatoms. The summed E-state index contributed by atoms with van der Waals surface area (Å²) >= 11 is 1.73. The molecule has 0 aliphatic carbocycles. The number of hydrogen-bond donors (Lipinski definition) is 1. The molecule has 0 saturated heterocycles. The Morgan fingerprint density at radius 1 is 1.35 bits per heavy atom. The summed E-state index contributed by atoms with van der Waals surface area (Å²) in [6.07, 6.45) is 1.80. The summed E-state index contributed by atoms with van der Waals surface area (Å²) in [4.78, 5) is 27.3. The number of nitrogens with zero attached hydrogens (tertiary/aromatic N) is 2. The van der Waals surface area contributed by atoms with Crippen LogP contribution in [0.4, 0.5) is 0 Å². The highest BCUT2D eigenvalue weighted by Crippen LogP contribution is 2.24. The Bertz CT molecular complexity index is 730. The normalized spacial score (nSPS) is 14.3. The number of sulfonamides is 1. The van der Waals surface area contributed by atoms with E-state index in [1.807, 2.05) is 4.90 Å². The predicted molar refractivity (Wildman–Crippen MR) is 102 cm³/mol. The molecule has 0 fully saturated rings. The van der Waals surface area contributed by atoms with Crippen molar-refractivity contribution in [1.82, 2.24) is 14.5 Å². The molecule has 0 saturated carbocycles. The van der Waals surface area contributed by atoms with Crippen molar-refractivity contribution in [2.24, 2.45) is 0 Å². The van der Waals surface area contributed by atoms with Gasteiger partial charge in [-0.25, -0.2) is 12.7 Å². The first-order valence-electron chi connectivity index (χ1n) is 8.87. The van der Waals surface area contributed by atoms with Crippen LogP contribution in [0.1, 0.15) is 36.6 Å². The standard InChI is InChI=1S/C17H27N3O4S2/c1-3-26(23,24)19(2)10-4-9-18-16(21)5-6-17(22)20-11-7-15-14(13-20)8-12-25-15/h8,12H,3-7,9-11,13H2,1-2H3,(H,18,21). The fraction of sp³-hybridized carbons (Fsp3) is 0.647. The minimum atomic E-state index is -3.18. The second-order valence-electron chi connectivity index (χ2n) is 6.36. The molecule has 0 spiro atoms. The van der Waals surface area contributed by atoms with Gasteiger partial charge in [-0.15, -0.1) is 11.3 Å². The number of nitrogens with one attached hydrogen (secondary N) is 1. The largest absolute Gasteiger partial charge is 0.356 e. The molecule has 1 aliphatic rings. The van der Waals surface area contributed by atoms with Crippen molar-refractivity contribution in [3.8, 4) is 0 Å². The maximum absolute atomic E-state index is 12.3. The molecule has 0 bridgehead atoms. The van der Waals surface area contributed by atoms with Crippen molar-refractivity contribution in [3.05, 3.63) is 21.9 Å². The highest BCUT2D eigenvalue weighted by Gasteiger charge is 2.21. The Balaban J connectivity index is 1.62. The van der Waals surface area contributed by atoms with Gasteiger partial charge in [0.05, 0.1) is 5.75 Å². The number of amides is 2. The maximum atomic E-state index is 12.3. The Kier molecular flexibility index (Phi) is 7.60. The highest BCUT2D eigenvalue weighted by molar-refractivity contribution is 7.89. The molecule has 1 aromatic rings. The van der Waals surface area contributed by atoms with Gasteiger partial charge < -0.3 is 10.2 Å². The van der Waals surface area contributed by atoms with Crippen molar-refractivity contribution in [2.75, 3.05) is 32.4 Å². The average molecular weight is 402 g/mol. The van der Waals surface area contributed by atoms with Crippen LogP contribution < -0.4 is 5.32 Å². The summed E-state index contributed by atoms with van der Waals surface area (Å²) in [7, 11) is -1.64. The topological polar surface area (TPSA) is 86.8 Å². The van der Waals surface area contributed by atoms with Crippen LogP contribution in [-0.4, -0.2) is 61.9 Å². The predicted octanol–water partition coefficient (Wildman–Crippen LogP) is 1.20. The molecule has 2 rings (SSSR count). The van der Waals surface area contributed by atoms with E-state index < -0.39 is 10.0 Å². The summed E-state index contributed by atoms with van der Waals surface area (Å²) in [5, 5.41) is 4.80. The van der Waals surface area contributed by atoms with E-state index in [0.29, 0.717) is 32.6 Å². The first-order valence-corrected chi connectivity index (χ1v) is 11.4. The average Bonchev–Trinajstić information content (AvgIpc) is 3.10. The summed E-state index contributed by atoms with van der Waals surface area (Å²) in [6.45, 7) is 3.72. The fourth-order valence-corrected chi connectivity index (χ4v) is 4.56. The van der Waals surface area contributed by atoms with Crippen LogP contribution in [0.25, 0.3) is 0 Å². The second-order valence-corrected chi connectivity index (χ2v) is 9.73. The van der Waals surface area contributed by atoms with Crippen LogP contribution in [-0.2, 0) is 32.6 Å². The lowest BCUT2D eigenvalue weighted by molar-refractivity contribution is -0.134. The molecule has 2 amide bonds. The molecule has 1 aliphatic heterocycles. The van der Waals surface area contributed by atoms with Crippen LogP contribution in [0.3, 0.4) is 0 Å². The van der Waals surface area contributed by atoms with E-state index in [0.717, 1.165) is 6.42 Å². The van der Waals surface area contributed by atoms with E-state index in [9.17, 15) is 18.0 Å². The monoisotopic (exact) mass is 401 g/mol. The number of carbonyl (C=O) groups is 2. The minimum absolute atomic E-state index is 0.00534. The lowest BCUT2D eigenvalue weighted by Crippen LogP contribution is -2.36. The quantitative estimate of drug-likeness (QED) is 0.630. The molecule has 0 atom stereocenters. The Labute approximate surface area is 159 Å². The Morgan fingerprint density at radius 2 is 2.12 bits per heavy atom. The third-order valence-electron chi connectivity index (χ3n) is 4.54. The molecule has 1 N–H and O–H groups in total. The van der Waals surface area contributed by atoms with Gasteiger partial charge in [0.25, 0.3) is 0 Å². The summed E-state index contributed by atoms with van der Waals surface area (Å²) in [5.74, 6) is -0.0974. The zero-order valence-electron chi connectivity index (χ0n) is 15.4. The molecular weight excluding hydrogens is 374 g/mol. The lowest BCUT2D eigenvalue weighted by atomic mass is 10.1. The Morgan fingerprint density at radius 3 is 2.85 bits per heavy atom. The van der Waals surface area contributed by atoms with Crippen LogP contribution in [0.15, 0.2) is 11.4 Å². The summed E-state index contributed by atoms with van der Waals surface area (Å²) < 4.78 is 24.5. The van der Waals surface area contributed by atoms with Crippen molar-refractivity contribution in [2.45, 2.75) is 39.2 Å². The first-order chi connectivity index (χ1) is 12.3. The molecular formula is C17H27N3O4S2. The zero-order chi connectivity index (χ0) is 19.2. The molecule has 1 aromatic heterocycles. The van der Waals surface area contributed by atoms with Crippen LogP contribution >= 0.6 is 11.3 Å². The van der Waals surface area contributed by atoms with Gasteiger partial charge in [-0.3, -0.25) is 9.59 Å². The van der Waals surface area contributed by atoms with Crippen LogP contribution in [0.5, 0.6) is 0 Å². The lowest BCUT2D eigenvalue weighted by Gasteiger charge is -2.27. The van der Waals surface area contributed by atoms with Crippen LogP contribution in [0, 0.1) is 0 Å². The summed E-state index contributed by atoms with van der Waals surface area (Å²) in [5.41, 5.74) is 1.21. The van der Waals surface area contributed by atoms with Gasteiger partial charge in [0, 0.05) is 50.9 Å². The third kappa shape index (κ3) is 5.78. The smallest absolute Gasteiger partial charge is 0.223 e. The summed E-state index contributed by atoms with van der Waals surface area (Å²) in [6, 6.07) is 2.06. The highest BCUT2D eigenvalue weighted by atomic mass is 32.2. The molecule has 7 nitrogen and oxygen atoms in total. The number of rotatable bonds is 9. The van der Waals surface area contributed by atoms with Gasteiger partial charge in [0.1, 0.15) is 0 Å². The van der Waals surface area contributed by atoms with Crippen molar-refractivity contribution in [1.29, 1.82) is 0 Å². The van der Waals surface area contributed by atoms with E-state index in [1.54, 1.807) is 18.3 Å². The SMILES string of the molecule is CCS(=O)(=O)N(C)CCCNC(=O)CCC(=O)N1CCc2sccc2C1. The molecule has 2 heterocycles. The van der Waals surface area contributed by atoms with Gasteiger partial charge in [0.2, 0.25) is 21.8 Å². The third-order valence-corrected chi connectivity index (χ3v) is 7.42. The molecule has 0 aromatic carbocycles. The van der Waals surface area contributed by atoms with E-state index in [4.69, 9.17) is 0 Å². The minimum Gasteiger partial charge on any atom is -0.356 e. The zero-order valence-corrected chi connectivity index (χ0v) is 17.0. The van der Waals surface area contributed by atoms with E-state index in [1.165, 1.54) is 21.8 Å². The Hall–Kier alpha value is -1.45. The van der Waals surface area contributed by atoms with Gasteiger partial charge >= 0.3 is 0 Å². The molecule has 146 valence electrons. The van der Waals surface area contributed by atoms with E-state index in [2.05, 4.69) is 16.8 Å². The number of carbonyl (C=O) groups excluding carboxylic acids is 2. The maximum Gasteiger partial charge on any atom is 0.223 e. The molecule has 26 heavy (non-hydrogen) atoms. The number of fused-ring (bicyclic) bond motifs is 1. The number of thiophene rings is 1. The van der Waals surface area contributed by atoms with Crippen molar-refractivity contribution >= 4 is 33.2 Å². The fourth-order valence-electron chi connectivity index (χ4n) is 2.82. The van der Waals surface area contributed by atoms with Gasteiger partial charge in [-0.2, -0.15) is 0 Å². The van der Waals surface area contributed by atoms with Crippen molar-refractivity contribution < 1.29 is 18.0 Å². The molecule has 0 radical (unpaired) electrons. The van der Waals surface area contributed by atoms with Crippen LogP contribution in [0.2, 0.25) is 0 Å². The van der Waals surface area contributed by atoms with E-state index in [-0.39, 0.29) is 30.4 Å². The number of hydrogen-bond acceptors (Lipinski definition) is 5. The van der Waals surface area contributed by atoms with Gasteiger partial charge in [0.15, 0.2) is 0 Å². The second kappa shape index (κ2) is 9.48. The van der Waals surface area contributed by atoms with E-state index >= 15 is 0 Å². The van der Waals surface area contributed by atoms with Crippen molar-refractivity contribution in [3.63, 3.8) is 0 Å². The van der Waals surface area contributed by atoms with Gasteiger partial charge in [-0.1, -0.05) is 0 Å². The first kappa shape index (κ1) is 20.9. The van der Waals surface area contributed by atoms with Gasteiger partial charge in [-0.05, 0) is 36.8 Å². The molecule has 0 unspecified atom stereocenters.